The van der Waals surface area contributed by atoms with Gasteiger partial charge < -0.3 is 4.90 Å². The molecule has 0 saturated carbocycles. The van der Waals surface area contributed by atoms with Crippen LogP contribution in [0.3, 0.4) is 0 Å². The summed E-state index contributed by atoms with van der Waals surface area (Å²) in [4.78, 5) is 13.3. The Balaban J connectivity index is 4.15. The minimum atomic E-state index is -0.0223. The smallest absolute Gasteiger partial charge is 0.225 e. The van der Waals surface area contributed by atoms with Gasteiger partial charge in [0.15, 0.2) is 0 Å². The summed E-state index contributed by atoms with van der Waals surface area (Å²) in [5.41, 5.74) is 0. The van der Waals surface area contributed by atoms with E-state index >= 15 is 0 Å². The van der Waals surface area contributed by atoms with Crippen LogP contribution in [0.25, 0.3) is 0 Å². The maximum absolute atomic E-state index is 11.6. The van der Waals surface area contributed by atoms with Crippen molar-refractivity contribution in [2.45, 2.75) is 26.1 Å². The normalized spacial score (nSPS) is 13.1. The Morgan fingerprint density at radius 3 is 2.23 bits per heavy atom. The van der Waals surface area contributed by atoms with Crippen molar-refractivity contribution in [3.8, 4) is 0 Å². The molecule has 1 atom stereocenters. The fourth-order valence-electron chi connectivity index (χ4n) is 1.06. The zero-order valence-electron chi connectivity index (χ0n) is 8.39. The van der Waals surface area contributed by atoms with E-state index in [1.807, 2.05) is 20.8 Å². The average molecular weight is 226 g/mol. The van der Waals surface area contributed by atoms with Crippen LogP contribution in [0.2, 0.25) is 0 Å². The van der Waals surface area contributed by atoms with Gasteiger partial charge >= 0.3 is 0 Å². The molecule has 0 radical (unpaired) electrons. The number of carbonyl (C=O) groups excluding carboxylic acids is 1. The first kappa shape index (κ1) is 13.1. The molecule has 0 N–H and O–H groups in total. The lowest BCUT2D eigenvalue weighted by molar-refractivity contribution is -0.134. The van der Waals surface area contributed by atoms with Gasteiger partial charge in [-0.1, -0.05) is 13.8 Å². The molecule has 1 amide bonds. The molecule has 0 fully saturated rings. The first-order chi connectivity index (χ1) is 5.99. The number of carbonyl (C=O) groups is 1. The van der Waals surface area contributed by atoms with Gasteiger partial charge in [0.25, 0.3) is 0 Å². The summed E-state index contributed by atoms with van der Waals surface area (Å²) in [6.07, 6.45) is 0. The number of nitrogens with zero attached hydrogens (tertiary/aromatic N) is 1. The zero-order chi connectivity index (χ0) is 10.4. The Bertz CT molecular complexity index is 160. The maximum atomic E-state index is 11.6. The van der Waals surface area contributed by atoms with E-state index in [9.17, 15) is 4.79 Å². The fraction of sp³-hybridized carbons (Fsp3) is 0.889. The van der Waals surface area contributed by atoms with Crippen molar-refractivity contribution < 1.29 is 4.79 Å². The second-order valence-electron chi connectivity index (χ2n) is 3.41. The van der Waals surface area contributed by atoms with E-state index in [2.05, 4.69) is 0 Å². The molecule has 78 valence electrons. The van der Waals surface area contributed by atoms with E-state index in [0.29, 0.717) is 19.0 Å². The highest BCUT2D eigenvalue weighted by Crippen LogP contribution is 2.05. The van der Waals surface area contributed by atoms with E-state index in [0.717, 1.165) is 0 Å². The van der Waals surface area contributed by atoms with Crippen molar-refractivity contribution in [3.63, 3.8) is 0 Å². The molecule has 0 aliphatic rings. The summed E-state index contributed by atoms with van der Waals surface area (Å²) < 4.78 is 0. The second-order valence-corrected chi connectivity index (χ2v) is 4.53. The van der Waals surface area contributed by atoms with Gasteiger partial charge in [0, 0.05) is 30.3 Å². The van der Waals surface area contributed by atoms with Gasteiger partial charge in [-0.25, -0.2) is 0 Å². The van der Waals surface area contributed by atoms with Crippen LogP contribution in [0.4, 0.5) is 0 Å². The van der Waals surface area contributed by atoms with Gasteiger partial charge in [-0.3, -0.25) is 4.79 Å². The summed E-state index contributed by atoms with van der Waals surface area (Å²) in [5.74, 6) is 0.592. The number of alkyl halides is 2. The van der Waals surface area contributed by atoms with E-state index in [4.69, 9.17) is 23.2 Å². The van der Waals surface area contributed by atoms with Crippen LogP contribution < -0.4 is 0 Å². The predicted molar refractivity (Wildman–Crippen MR) is 57.5 cm³/mol. The second kappa shape index (κ2) is 6.50. The number of rotatable bonds is 5. The molecule has 1 unspecified atom stereocenters. The molecule has 0 heterocycles. The first-order valence-corrected chi connectivity index (χ1v) is 5.45. The van der Waals surface area contributed by atoms with E-state index in [-0.39, 0.29) is 17.2 Å². The van der Waals surface area contributed by atoms with Gasteiger partial charge in [0.1, 0.15) is 0 Å². The summed E-state index contributed by atoms with van der Waals surface area (Å²) >= 11 is 11.4. The molecule has 4 heteroatoms. The van der Waals surface area contributed by atoms with Gasteiger partial charge in [-0.05, 0) is 6.92 Å². The predicted octanol–water partition coefficient (Wildman–Crippen LogP) is 2.34. The summed E-state index contributed by atoms with van der Waals surface area (Å²) in [7, 11) is 0. The van der Waals surface area contributed by atoms with Gasteiger partial charge in [0.2, 0.25) is 5.91 Å². The van der Waals surface area contributed by atoms with Crippen LogP contribution in [-0.4, -0.2) is 35.2 Å². The molecule has 2 nitrogen and oxygen atoms in total. The molecule has 0 aromatic carbocycles. The van der Waals surface area contributed by atoms with Crippen molar-refractivity contribution in [1.82, 2.24) is 4.90 Å². The quantitative estimate of drug-likeness (QED) is 0.659. The third-order valence-corrected chi connectivity index (χ3v) is 1.94. The molecule has 0 aromatic heterocycles. The molecule has 0 aliphatic carbocycles. The highest BCUT2D eigenvalue weighted by molar-refractivity contribution is 6.20. The Kier molecular flexibility index (Phi) is 6.52. The minimum Gasteiger partial charge on any atom is -0.340 e. The number of amides is 1. The van der Waals surface area contributed by atoms with Crippen molar-refractivity contribution in [2.75, 3.05) is 19.0 Å². The SMILES string of the molecule is CC(Cl)CN(CCCl)C(=O)C(C)C. The highest BCUT2D eigenvalue weighted by atomic mass is 35.5. The van der Waals surface area contributed by atoms with E-state index in [1.54, 1.807) is 4.90 Å². The molecule has 0 rings (SSSR count). The van der Waals surface area contributed by atoms with Crippen LogP contribution in [0.1, 0.15) is 20.8 Å². The Morgan fingerprint density at radius 2 is 1.92 bits per heavy atom. The third-order valence-electron chi connectivity index (χ3n) is 1.63. The lowest BCUT2D eigenvalue weighted by Crippen LogP contribution is -2.39. The van der Waals surface area contributed by atoms with Crippen molar-refractivity contribution in [1.29, 1.82) is 0 Å². The lowest BCUT2D eigenvalue weighted by Gasteiger charge is -2.24. The molecule has 0 bridgehead atoms. The number of hydrogen-bond acceptors (Lipinski definition) is 1. The molecule has 0 saturated heterocycles. The monoisotopic (exact) mass is 225 g/mol. The number of halogens is 2. The van der Waals surface area contributed by atoms with Crippen molar-refractivity contribution in [2.24, 2.45) is 5.92 Å². The molecular weight excluding hydrogens is 209 g/mol. The Hall–Kier alpha value is 0.0500. The third kappa shape index (κ3) is 5.37. The first-order valence-electron chi connectivity index (χ1n) is 4.47. The molecule has 0 aliphatic heterocycles. The van der Waals surface area contributed by atoms with Crippen LogP contribution in [0.15, 0.2) is 0 Å². The minimum absolute atomic E-state index is 0.0126. The molecule has 0 spiro atoms. The van der Waals surface area contributed by atoms with Gasteiger partial charge in [-0.2, -0.15) is 0 Å². The topological polar surface area (TPSA) is 20.3 Å². The number of hydrogen-bond donors (Lipinski definition) is 0. The lowest BCUT2D eigenvalue weighted by atomic mass is 10.2. The van der Waals surface area contributed by atoms with Gasteiger partial charge in [0.05, 0.1) is 0 Å². The fourth-order valence-corrected chi connectivity index (χ4v) is 1.43. The van der Waals surface area contributed by atoms with Crippen molar-refractivity contribution >= 4 is 29.1 Å². The van der Waals surface area contributed by atoms with E-state index in [1.165, 1.54) is 0 Å². The molecular formula is C9H17Cl2NO. The maximum Gasteiger partial charge on any atom is 0.225 e. The zero-order valence-corrected chi connectivity index (χ0v) is 9.90. The largest absolute Gasteiger partial charge is 0.340 e. The van der Waals surface area contributed by atoms with Gasteiger partial charge in [-0.15, -0.1) is 23.2 Å². The summed E-state index contributed by atoms with van der Waals surface area (Å²) in [6.45, 7) is 6.78. The Morgan fingerprint density at radius 1 is 1.38 bits per heavy atom. The Labute approximate surface area is 90.2 Å². The standard InChI is InChI=1S/C9H17Cl2NO/c1-7(2)9(13)12(5-4-10)6-8(3)11/h7-8H,4-6H2,1-3H3. The summed E-state index contributed by atoms with van der Waals surface area (Å²) in [6, 6.07) is 0. The van der Waals surface area contributed by atoms with Crippen LogP contribution >= 0.6 is 23.2 Å². The van der Waals surface area contributed by atoms with Crippen LogP contribution in [0.5, 0.6) is 0 Å². The van der Waals surface area contributed by atoms with E-state index < -0.39 is 0 Å². The molecule has 0 aromatic rings. The summed E-state index contributed by atoms with van der Waals surface area (Å²) in [5, 5.41) is -0.0223. The molecule has 13 heavy (non-hydrogen) atoms. The highest BCUT2D eigenvalue weighted by Gasteiger charge is 2.17. The average Bonchev–Trinajstić information content (AvgIpc) is 2.01. The van der Waals surface area contributed by atoms with Crippen LogP contribution in [0, 0.1) is 5.92 Å². The van der Waals surface area contributed by atoms with Crippen LogP contribution in [-0.2, 0) is 4.79 Å². The van der Waals surface area contributed by atoms with Crippen molar-refractivity contribution in [3.05, 3.63) is 0 Å².